The molecule has 1 heterocycles. The second-order valence-electron chi connectivity index (χ2n) is 5.39. The van der Waals surface area contributed by atoms with Crippen molar-refractivity contribution in [2.45, 2.75) is 20.8 Å². The van der Waals surface area contributed by atoms with Crippen molar-refractivity contribution in [3.63, 3.8) is 0 Å². The summed E-state index contributed by atoms with van der Waals surface area (Å²) in [5, 5.41) is 2.99. The van der Waals surface area contributed by atoms with Gasteiger partial charge in [0.05, 0.1) is 10.6 Å². The fourth-order valence-electron chi connectivity index (χ4n) is 2.30. The molecule has 2 rings (SSSR count). The Bertz CT molecular complexity index is 783. The smallest absolute Gasteiger partial charge is 0.340 e. The van der Waals surface area contributed by atoms with E-state index in [0.29, 0.717) is 0 Å². The van der Waals surface area contributed by atoms with Gasteiger partial charge in [-0.15, -0.1) is 0 Å². The third-order valence-corrected chi connectivity index (χ3v) is 3.99. The van der Waals surface area contributed by atoms with E-state index in [1.54, 1.807) is 0 Å². The molecule has 1 N–H and O–H groups in total. The van der Waals surface area contributed by atoms with E-state index in [0.717, 1.165) is 22.4 Å². The minimum Gasteiger partial charge on any atom is -0.452 e. The number of nitrogens with one attached hydrogen (secondary N) is 1. The van der Waals surface area contributed by atoms with Crippen LogP contribution in [0.3, 0.4) is 0 Å². The molecule has 0 spiro atoms. The average Bonchev–Trinajstić information content (AvgIpc) is 2.51. The van der Waals surface area contributed by atoms with Crippen LogP contribution in [-0.2, 0) is 9.53 Å². The van der Waals surface area contributed by atoms with Crippen molar-refractivity contribution in [3.8, 4) is 0 Å². The first-order valence-electron chi connectivity index (χ1n) is 7.14. The molecule has 1 amide bonds. The minimum absolute atomic E-state index is 0.0938. The number of pyridine rings is 1. The number of esters is 1. The number of hydrogen-bond donors (Lipinski definition) is 1. The Labute approximate surface area is 149 Å². The number of carbonyl (C=O) groups is 2. The van der Waals surface area contributed by atoms with E-state index in [2.05, 4.69) is 10.3 Å². The van der Waals surface area contributed by atoms with Crippen molar-refractivity contribution in [3.05, 3.63) is 56.8 Å². The Balaban J connectivity index is 1.98. The molecule has 0 saturated carbocycles. The third-order valence-electron chi connectivity index (χ3n) is 3.31. The molecule has 0 radical (unpaired) electrons. The van der Waals surface area contributed by atoms with Gasteiger partial charge in [0, 0.05) is 11.9 Å². The van der Waals surface area contributed by atoms with E-state index >= 15 is 0 Å². The Morgan fingerprint density at radius 3 is 2.33 bits per heavy atom. The van der Waals surface area contributed by atoms with E-state index in [1.807, 2.05) is 32.9 Å². The van der Waals surface area contributed by atoms with Gasteiger partial charge in [0.15, 0.2) is 6.61 Å². The van der Waals surface area contributed by atoms with Gasteiger partial charge in [-0.2, -0.15) is 0 Å². The minimum atomic E-state index is -0.700. The van der Waals surface area contributed by atoms with Crippen LogP contribution in [0.4, 0.5) is 5.69 Å². The summed E-state index contributed by atoms with van der Waals surface area (Å²) in [6, 6.07) is 5.28. The molecule has 0 fully saturated rings. The first-order chi connectivity index (χ1) is 11.3. The number of nitrogens with zero attached hydrogens (tertiary/aromatic N) is 1. The highest BCUT2D eigenvalue weighted by Crippen LogP contribution is 2.22. The van der Waals surface area contributed by atoms with Crippen molar-refractivity contribution < 1.29 is 14.3 Å². The summed E-state index contributed by atoms with van der Waals surface area (Å²) >= 11 is 11.5. The molecule has 1 aromatic heterocycles. The Morgan fingerprint density at radius 2 is 1.75 bits per heavy atom. The second-order valence-corrected chi connectivity index (χ2v) is 6.16. The van der Waals surface area contributed by atoms with Crippen molar-refractivity contribution in [2.75, 3.05) is 11.9 Å². The van der Waals surface area contributed by atoms with Crippen molar-refractivity contribution in [2.24, 2.45) is 0 Å². The zero-order valence-corrected chi connectivity index (χ0v) is 15.0. The molecular weight excluding hydrogens is 351 g/mol. The monoisotopic (exact) mass is 366 g/mol. The van der Waals surface area contributed by atoms with Crippen LogP contribution < -0.4 is 5.32 Å². The zero-order valence-electron chi connectivity index (χ0n) is 13.4. The lowest BCUT2D eigenvalue weighted by atomic mass is 10.1. The van der Waals surface area contributed by atoms with Crippen LogP contribution in [-0.4, -0.2) is 23.5 Å². The van der Waals surface area contributed by atoms with Gasteiger partial charge in [0.2, 0.25) is 0 Å². The summed E-state index contributed by atoms with van der Waals surface area (Å²) < 4.78 is 4.97. The molecule has 24 heavy (non-hydrogen) atoms. The molecule has 0 unspecified atom stereocenters. The van der Waals surface area contributed by atoms with Crippen molar-refractivity contribution in [1.29, 1.82) is 0 Å². The number of benzene rings is 1. The van der Waals surface area contributed by atoms with Gasteiger partial charge >= 0.3 is 5.97 Å². The standard InChI is InChI=1S/C17H16Cl2N2O3/c1-9-4-10(2)15(11(3)5-9)21-14(22)8-24-17(23)12-6-13(18)16(19)20-7-12/h4-7H,8H2,1-3H3,(H,21,22). The first-order valence-corrected chi connectivity index (χ1v) is 7.89. The number of carbonyl (C=O) groups excluding carboxylic acids is 2. The van der Waals surface area contributed by atoms with Gasteiger partial charge in [0.25, 0.3) is 5.91 Å². The molecule has 0 saturated heterocycles. The van der Waals surface area contributed by atoms with Crippen LogP contribution in [0.25, 0.3) is 0 Å². The molecular formula is C17H16Cl2N2O3. The van der Waals surface area contributed by atoms with Gasteiger partial charge in [-0.05, 0) is 38.0 Å². The lowest BCUT2D eigenvalue weighted by Crippen LogP contribution is -2.22. The maximum atomic E-state index is 12.0. The summed E-state index contributed by atoms with van der Waals surface area (Å²) in [7, 11) is 0. The fraction of sp³-hybridized carbons (Fsp3) is 0.235. The van der Waals surface area contributed by atoms with E-state index in [1.165, 1.54) is 12.3 Å². The van der Waals surface area contributed by atoms with Gasteiger partial charge in [0.1, 0.15) is 5.15 Å². The Hall–Kier alpha value is -2.11. The first kappa shape index (κ1) is 18.2. The van der Waals surface area contributed by atoms with Crippen LogP contribution in [0, 0.1) is 20.8 Å². The predicted molar refractivity (Wildman–Crippen MR) is 93.8 cm³/mol. The highest BCUT2D eigenvalue weighted by molar-refractivity contribution is 6.41. The number of amides is 1. The SMILES string of the molecule is Cc1cc(C)c(NC(=O)COC(=O)c2cnc(Cl)c(Cl)c2)c(C)c1. The predicted octanol–water partition coefficient (Wildman–Crippen LogP) is 4.11. The van der Waals surface area contributed by atoms with Crippen molar-refractivity contribution >= 4 is 40.8 Å². The fourth-order valence-corrected chi connectivity index (χ4v) is 2.57. The maximum absolute atomic E-state index is 12.0. The van der Waals surface area contributed by atoms with Gasteiger partial charge in [-0.25, -0.2) is 9.78 Å². The topological polar surface area (TPSA) is 68.3 Å². The van der Waals surface area contributed by atoms with Gasteiger partial charge in [-0.1, -0.05) is 40.9 Å². The van der Waals surface area contributed by atoms with Crippen LogP contribution in [0.1, 0.15) is 27.0 Å². The third kappa shape index (κ3) is 4.46. The summed E-state index contributed by atoms with van der Waals surface area (Å²) in [5.41, 5.74) is 3.85. The second kappa shape index (κ2) is 7.64. The summed E-state index contributed by atoms with van der Waals surface area (Å²) in [6.45, 7) is 5.39. The van der Waals surface area contributed by atoms with Crippen LogP contribution >= 0.6 is 23.2 Å². The number of halogens is 2. The van der Waals surface area contributed by atoms with Crippen molar-refractivity contribution in [1.82, 2.24) is 4.98 Å². The van der Waals surface area contributed by atoms with Gasteiger partial charge < -0.3 is 10.1 Å². The molecule has 0 aliphatic rings. The highest BCUT2D eigenvalue weighted by Gasteiger charge is 2.14. The van der Waals surface area contributed by atoms with E-state index in [4.69, 9.17) is 27.9 Å². The molecule has 2 aromatic rings. The molecule has 0 atom stereocenters. The van der Waals surface area contributed by atoms with Crippen LogP contribution in [0.5, 0.6) is 0 Å². The highest BCUT2D eigenvalue weighted by atomic mass is 35.5. The van der Waals surface area contributed by atoms with E-state index in [-0.39, 0.29) is 15.7 Å². The van der Waals surface area contributed by atoms with Crippen LogP contribution in [0.15, 0.2) is 24.4 Å². The molecule has 5 nitrogen and oxygen atoms in total. The molecule has 0 bridgehead atoms. The molecule has 0 aliphatic heterocycles. The maximum Gasteiger partial charge on any atom is 0.340 e. The zero-order chi connectivity index (χ0) is 17.9. The molecule has 1 aromatic carbocycles. The van der Waals surface area contributed by atoms with Gasteiger partial charge in [-0.3, -0.25) is 4.79 Å². The molecule has 126 valence electrons. The number of aromatic nitrogens is 1. The van der Waals surface area contributed by atoms with E-state index < -0.39 is 18.5 Å². The molecule has 0 aliphatic carbocycles. The number of rotatable bonds is 4. The lowest BCUT2D eigenvalue weighted by Gasteiger charge is -2.13. The summed E-state index contributed by atoms with van der Waals surface area (Å²) in [6.07, 6.45) is 1.24. The van der Waals surface area contributed by atoms with E-state index in [9.17, 15) is 9.59 Å². The number of ether oxygens (including phenoxy) is 1. The Morgan fingerprint density at radius 1 is 1.12 bits per heavy atom. The lowest BCUT2D eigenvalue weighted by molar-refractivity contribution is -0.119. The Kier molecular flexibility index (Phi) is 5.80. The number of aryl methyl sites for hydroxylation is 3. The number of anilines is 1. The normalized spacial score (nSPS) is 10.4. The number of hydrogen-bond acceptors (Lipinski definition) is 4. The van der Waals surface area contributed by atoms with Crippen LogP contribution in [0.2, 0.25) is 10.2 Å². The summed E-state index contributed by atoms with van der Waals surface area (Å²) in [5.74, 6) is -1.13. The average molecular weight is 367 g/mol. The largest absolute Gasteiger partial charge is 0.452 e. The summed E-state index contributed by atoms with van der Waals surface area (Å²) in [4.78, 5) is 27.7. The molecule has 7 heteroatoms. The quantitative estimate of drug-likeness (QED) is 0.652.